The summed E-state index contributed by atoms with van der Waals surface area (Å²) in [6.45, 7) is 1.88. The maximum absolute atomic E-state index is 12.1. The van der Waals surface area contributed by atoms with Gasteiger partial charge in [0.05, 0.1) is 11.6 Å². The zero-order chi connectivity index (χ0) is 17.4. The van der Waals surface area contributed by atoms with E-state index in [1.807, 2.05) is 36.4 Å². The molecule has 0 saturated heterocycles. The molecular formula is C19H19N3O2. The molecular weight excluding hydrogens is 302 g/mol. The number of hydrogen-bond donors (Lipinski definition) is 1. The van der Waals surface area contributed by atoms with Crippen LogP contribution in [0.15, 0.2) is 54.6 Å². The Labute approximate surface area is 141 Å². The van der Waals surface area contributed by atoms with Crippen molar-refractivity contribution in [2.75, 3.05) is 18.0 Å². The minimum Gasteiger partial charge on any atom is -0.354 e. The van der Waals surface area contributed by atoms with Gasteiger partial charge in [-0.25, -0.2) is 0 Å². The number of carbonyl (C=O) groups excluding carboxylic acids is 2. The van der Waals surface area contributed by atoms with E-state index in [9.17, 15) is 9.59 Å². The molecule has 5 nitrogen and oxygen atoms in total. The first kappa shape index (κ1) is 17.2. The Balaban J connectivity index is 1.91. The topological polar surface area (TPSA) is 73.2 Å². The van der Waals surface area contributed by atoms with Crippen molar-refractivity contribution in [3.63, 3.8) is 0 Å². The fourth-order valence-electron chi connectivity index (χ4n) is 2.29. The van der Waals surface area contributed by atoms with Gasteiger partial charge in [-0.1, -0.05) is 30.3 Å². The van der Waals surface area contributed by atoms with Crippen molar-refractivity contribution in [3.05, 3.63) is 65.7 Å². The van der Waals surface area contributed by atoms with Crippen LogP contribution >= 0.6 is 0 Å². The van der Waals surface area contributed by atoms with Crippen molar-refractivity contribution >= 4 is 17.5 Å². The van der Waals surface area contributed by atoms with Gasteiger partial charge in [-0.05, 0) is 36.2 Å². The van der Waals surface area contributed by atoms with E-state index in [1.54, 1.807) is 24.3 Å². The number of rotatable bonds is 6. The number of anilines is 1. The summed E-state index contributed by atoms with van der Waals surface area (Å²) in [4.78, 5) is 25.3. The summed E-state index contributed by atoms with van der Waals surface area (Å²) in [5.41, 5.74) is 2.25. The molecule has 2 aromatic rings. The second-order valence-electron chi connectivity index (χ2n) is 5.35. The lowest BCUT2D eigenvalue weighted by atomic mass is 10.1. The first-order valence-electron chi connectivity index (χ1n) is 7.69. The van der Waals surface area contributed by atoms with E-state index in [2.05, 4.69) is 5.32 Å². The lowest BCUT2D eigenvalue weighted by molar-refractivity contribution is -0.123. The van der Waals surface area contributed by atoms with Gasteiger partial charge in [-0.3, -0.25) is 9.59 Å². The molecule has 0 unspecified atom stereocenters. The van der Waals surface area contributed by atoms with Crippen LogP contribution < -0.4 is 10.2 Å². The van der Waals surface area contributed by atoms with Crippen LogP contribution in [0.3, 0.4) is 0 Å². The molecule has 2 rings (SSSR count). The van der Waals surface area contributed by atoms with Crippen LogP contribution in [-0.4, -0.2) is 24.9 Å². The van der Waals surface area contributed by atoms with E-state index < -0.39 is 0 Å². The van der Waals surface area contributed by atoms with Gasteiger partial charge in [0, 0.05) is 19.2 Å². The maximum atomic E-state index is 12.1. The van der Waals surface area contributed by atoms with E-state index in [1.165, 1.54) is 11.8 Å². The molecule has 5 heteroatoms. The molecule has 2 amide bonds. The molecule has 2 aromatic carbocycles. The molecule has 122 valence electrons. The van der Waals surface area contributed by atoms with Crippen LogP contribution in [0.2, 0.25) is 0 Å². The van der Waals surface area contributed by atoms with Crippen LogP contribution in [0.25, 0.3) is 0 Å². The predicted octanol–water partition coefficient (Wildman–Crippen LogP) is 2.27. The molecule has 0 spiro atoms. The zero-order valence-electron chi connectivity index (χ0n) is 13.5. The smallest absolute Gasteiger partial charge is 0.240 e. The molecule has 0 aliphatic rings. The van der Waals surface area contributed by atoms with Crippen LogP contribution in [0.1, 0.15) is 18.1 Å². The van der Waals surface area contributed by atoms with E-state index in [0.717, 1.165) is 12.0 Å². The molecule has 0 saturated carbocycles. The number of benzene rings is 2. The average Bonchev–Trinajstić information content (AvgIpc) is 2.60. The number of amides is 2. The van der Waals surface area contributed by atoms with Crippen molar-refractivity contribution < 1.29 is 9.59 Å². The quantitative estimate of drug-likeness (QED) is 0.887. The molecule has 24 heavy (non-hydrogen) atoms. The first-order valence-corrected chi connectivity index (χ1v) is 7.69. The van der Waals surface area contributed by atoms with Crippen molar-refractivity contribution in [1.29, 1.82) is 5.26 Å². The van der Waals surface area contributed by atoms with Crippen molar-refractivity contribution in [1.82, 2.24) is 5.32 Å². The molecule has 0 fully saturated rings. The Morgan fingerprint density at radius 1 is 1.08 bits per heavy atom. The molecule has 0 bridgehead atoms. The SMILES string of the molecule is CC(=O)N(CC(=O)NCCc1ccccc1)c1ccc(C#N)cc1. The second kappa shape index (κ2) is 8.49. The minimum absolute atomic E-state index is 0.0456. The number of nitriles is 1. The third-order valence-electron chi connectivity index (χ3n) is 3.57. The third-order valence-corrected chi connectivity index (χ3v) is 3.57. The molecule has 0 aliphatic heterocycles. The minimum atomic E-state index is -0.224. The Bertz CT molecular complexity index is 733. The van der Waals surface area contributed by atoms with Crippen molar-refractivity contribution in [2.45, 2.75) is 13.3 Å². The number of hydrogen-bond acceptors (Lipinski definition) is 3. The Hall–Kier alpha value is -3.13. The van der Waals surface area contributed by atoms with E-state index in [0.29, 0.717) is 17.8 Å². The maximum Gasteiger partial charge on any atom is 0.240 e. The first-order chi connectivity index (χ1) is 11.6. The summed E-state index contributed by atoms with van der Waals surface area (Å²) in [6, 6.07) is 18.5. The van der Waals surface area contributed by atoms with Crippen LogP contribution in [-0.2, 0) is 16.0 Å². The highest BCUT2D eigenvalue weighted by atomic mass is 16.2. The Morgan fingerprint density at radius 3 is 2.33 bits per heavy atom. The van der Waals surface area contributed by atoms with E-state index >= 15 is 0 Å². The lowest BCUT2D eigenvalue weighted by Gasteiger charge is -2.20. The summed E-state index contributed by atoms with van der Waals surface area (Å²) >= 11 is 0. The molecule has 0 aromatic heterocycles. The van der Waals surface area contributed by atoms with Gasteiger partial charge >= 0.3 is 0 Å². The van der Waals surface area contributed by atoms with Gasteiger partial charge < -0.3 is 10.2 Å². The highest BCUT2D eigenvalue weighted by Crippen LogP contribution is 2.15. The number of carbonyl (C=O) groups is 2. The molecule has 0 heterocycles. The zero-order valence-corrected chi connectivity index (χ0v) is 13.5. The van der Waals surface area contributed by atoms with Crippen molar-refractivity contribution in [2.24, 2.45) is 0 Å². The highest BCUT2D eigenvalue weighted by Gasteiger charge is 2.15. The highest BCUT2D eigenvalue weighted by molar-refractivity contribution is 5.97. The molecule has 0 radical (unpaired) electrons. The average molecular weight is 321 g/mol. The van der Waals surface area contributed by atoms with Crippen LogP contribution in [0.4, 0.5) is 5.69 Å². The molecule has 1 N–H and O–H groups in total. The van der Waals surface area contributed by atoms with E-state index in [4.69, 9.17) is 5.26 Å². The van der Waals surface area contributed by atoms with Gasteiger partial charge in [-0.2, -0.15) is 5.26 Å². The summed E-state index contributed by atoms with van der Waals surface area (Å²) in [5, 5.41) is 11.6. The van der Waals surface area contributed by atoms with Gasteiger partial charge in [0.25, 0.3) is 0 Å². The number of nitrogens with zero attached hydrogens (tertiary/aromatic N) is 2. The summed E-state index contributed by atoms with van der Waals surface area (Å²) in [6.07, 6.45) is 0.740. The standard InChI is InChI=1S/C19H19N3O2/c1-15(23)22(18-9-7-17(13-20)8-10-18)14-19(24)21-12-11-16-5-3-2-4-6-16/h2-10H,11-12,14H2,1H3,(H,21,24). The van der Waals surface area contributed by atoms with Gasteiger partial charge in [0.15, 0.2) is 0 Å². The predicted molar refractivity (Wildman–Crippen MR) is 92.3 cm³/mol. The fraction of sp³-hybridized carbons (Fsp3) is 0.211. The second-order valence-corrected chi connectivity index (χ2v) is 5.35. The Kier molecular flexibility index (Phi) is 6.09. The monoisotopic (exact) mass is 321 g/mol. The van der Waals surface area contributed by atoms with Crippen LogP contribution in [0, 0.1) is 11.3 Å². The molecule has 0 atom stereocenters. The molecule has 0 aliphatic carbocycles. The lowest BCUT2D eigenvalue weighted by Crippen LogP contribution is -2.40. The third kappa shape index (κ3) is 4.96. The van der Waals surface area contributed by atoms with E-state index in [-0.39, 0.29) is 18.4 Å². The summed E-state index contributed by atoms with van der Waals surface area (Å²) in [7, 11) is 0. The normalized spacial score (nSPS) is 9.83. The van der Waals surface area contributed by atoms with Crippen LogP contribution in [0.5, 0.6) is 0 Å². The van der Waals surface area contributed by atoms with Gasteiger partial charge in [0.1, 0.15) is 6.54 Å². The van der Waals surface area contributed by atoms with Gasteiger partial charge in [0.2, 0.25) is 11.8 Å². The van der Waals surface area contributed by atoms with Crippen molar-refractivity contribution in [3.8, 4) is 6.07 Å². The summed E-state index contributed by atoms with van der Waals surface area (Å²) < 4.78 is 0. The number of nitrogens with one attached hydrogen (secondary N) is 1. The summed E-state index contributed by atoms with van der Waals surface area (Å²) in [5.74, 6) is -0.441. The Morgan fingerprint density at radius 2 is 1.75 bits per heavy atom. The fourth-order valence-corrected chi connectivity index (χ4v) is 2.29. The van der Waals surface area contributed by atoms with Gasteiger partial charge in [-0.15, -0.1) is 0 Å². The largest absolute Gasteiger partial charge is 0.354 e.